The summed E-state index contributed by atoms with van der Waals surface area (Å²) in [5.74, 6) is -0.127. The minimum Gasteiger partial charge on any atom is -0.452 e. The van der Waals surface area contributed by atoms with Crippen LogP contribution in [0.15, 0.2) is 42.6 Å². The van der Waals surface area contributed by atoms with Crippen LogP contribution in [0.3, 0.4) is 0 Å². The van der Waals surface area contributed by atoms with Gasteiger partial charge in [-0.05, 0) is 29.8 Å². The normalized spacial score (nSPS) is 10.9. The van der Waals surface area contributed by atoms with Gasteiger partial charge in [-0.2, -0.15) is 5.10 Å². The molecule has 0 bridgehead atoms. The van der Waals surface area contributed by atoms with E-state index < -0.39 is 6.09 Å². The van der Waals surface area contributed by atoms with Gasteiger partial charge in [0, 0.05) is 13.2 Å². The van der Waals surface area contributed by atoms with Crippen LogP contribution < -0.4 is 16.4 Å². The van der Waals surface area contributed by atoms with Crippen molar-refractivity contribution in [1.29, 1.82) is 0 Å². The van der Waals surface area contributed by atoms with Gasteiger partial charge in [-0.25, -0.2) is 28.8 Å². The van der Waals surface area contributed by atoms with Crippen molar-refractivity contribution in [1.82, 2.24) is 24.7 Å². The summed E-state index contributed by atoms with van der Waals surface area (Å²) < 4.78 is 19.6. The van der Waals surface area contributed by atoms with E-state index in [-0.39, 0.29) is 29.0 Å². The van der Waals surface area contributed by atoms with Crippen molar-refractivity contribution in [2.45, 2.75) is 6.54 Å². The average molecular weight is 422 g/mol. The number of rotatable bonds is 4. The SMILES string of the molecule is COC(=O)N(C)c1c(N)nc(-c2nn(Cc3ccc(F)cc3)c3ncccc23)nc1N. The number of methoxy groups -OCH3 is 1. The van der Waals surface area contributed by atoms with Crippen LogP contribution in [-0.4, -0.2) is 45.0 Å². The Labute approximate surface area is 176 Å². The second-order valence-electron chi connectivity index (χ2n) is 6.70. The van der Waals surface area contributed by atoms with Gasteiger partial charge in [0.05, 0.1) is 19.0 Å². The van der Waals surface area contributed by atoms with E-state index in [4.69, 9.17) is 11.5 Å². The van der Waals surface area contributed by atoms with E-state index in [1.165, 1.54) is 26.3 Å². The lowest BCUT2D eigenvalue weighted by Gasteiger charge is -2.18. The maximum absolute atomic E-state index is 13.2. The lowest BCUT2D eigenvalue weighted by Crippen LogP contribution is -2.28. The molecule has 158 valence electrons. The van der Waals surface area contributed by atoms with Crippen LogP contribution in [0.25, 0.3) is 22.6 Å². The van der Waals surface area contributed by atoms with E-state index in [0.717, 1.165) is 10.5 Å². The van der Waals surface area contributed by atoms with Gasteiger partial charge >= 0.3 is 6.09 Å². The Hall–Kier alpha value is -4.28. The zero-order valence-electron chi connectivity index (χ0n) is 16.8. The summed E-state index contributed by atoms with van der Waals surface area (Å²) in [6, 6.07) is 9.72. The highest BCUT2D eigenvalue weighted by atomic mass is 19.1. The Morgan fingerprint density at radius 3 is 2.48 bits per heavy atom. The molecule has 4 rings (SSSR count). The fraction of sp³-hybridized carbons (Fsp3) is 0.150. The molecule has 0 saturated carbocycles. The van der Waals surface area contributed by atoms with Crippen LogP contribution in [0, 0.1) is 5.82 Å². The number of ether oxygens (including phenoxy) is 1. The Morgan fingerprint density at radius 2 is 1.84 bits per heavy atom. The predicted molar refractivity (Wildman–Crippen MR) is 114 cm³/mol. The fourth-order valence-electron chi connectivity index (χ4n) is 3.22. The number of nitrogen functional groups attached to an aromatic ring is 2. The standard InChI is InChI=1S/C20H19FN8O2/c1-28(20(30)31-2)15-16(22)25-18(26-17(15)23)14-13-4-3-9-24-19(13)29(27-14)10-11-5-7-12(21)8-6-11/h3-9H,10H2,1-2H3,(H4,22,23,25,26). The number of nitrogens with zero attached hydrogens (tertiary/aromatic N) is 6. The zero-order chi connectivity index (χ0) is 22.1. The first-order valence-electron chi connectivity index (χ1n) is 9.20. The van der Waals surface area contributed by atoms with Crippen molar-refractivity contribution in [3.05, 3.63) is 54.0 Å². The Balaban J connectivity index is 1.80. The number of carbonyl (C=O) groups is 1. The van der Waals surface area contributed by atoms with Crippen molar-refractivity contribution in [3.63, 3.8) is 0 Å². The molecule has 11 heteroatoms. The molecule has 0 aliphatic rings. The number of pyridine rings is 1. The molecule has 1 amide bonds. The minimum absolute atomic E-state index is 0.000486. The van der Waals surface area contributed by atoms with Gasteiger partial charge in [-0.1, -0.05) is 12.1 Å². The molecule has 4 N–H and O–H groups in total. The van der Waals surface area contributed by atoms with Gasteiger partial charge in [-0.15, -0.1) is 0 Å². The predicted octanol–water partition coefficient (Wildman–Crippen LogP) is 2.44. The number of halogens is 1. The smallest absolute Gasteiger partial charge is 0.413 e. The summed E-state index contributed by atoms with van der Waals surface area (Å²) in [5, 5.41) is 5.30. The summed E-state index contributed by atoms with van der Waals surface area (Å²) >= 11 is 0. The fourth-order valence-corrected chi connectivity index (χ4v) is 3.22. The van der Waals surface area contributed by atoms with Gasteiger partial charge in [0.1, 0.15) is 17.2 Å². The summed E-state index contributed by atoms with van der Waals surface area (Å²) in [4.78, 5) is 26.0. The van der Waals surface area contributed by atoms with Gasteiger partial charge in [0.15, 0.2) is 23.1 Å². The van der Waals surface area contributed by atoms with Crippen LogP contribution >= 0.6 is 0 Å². The molecule has 1 aromatic carbocycles. The van der Waals surface area contributed by atoms with Gasteiger partial charge in [-0.3, -0.25) is 4.90 Å². The third kappa shape index (κ3) is 3.68. The first-order chi connectivity index (χ1) is 14.9. The topological polar surface area (TPSA) is 138 Å². The molecule has 3 heterocycles. The number of aromatic nitrogens is 5. The summed E-state index contributed by atoms with van der Waals surface area (Å²) in [5.41, 5.74) is 14.2. The highest BCUT2D eigenvalue weighted by Gasteiger charge is 2.23. The van der Waals surface area contributed by atoms with E-state index in [9.17, 15) is 9.18 Å². The monoisotopic (exact) mass is 422 g/mol. The van der Waals surface area contributed by atoms with Crippen molar-refractivity contribution in [2.24, 2.45) is 0 Å². The van der Waals surface area contributed by atoms with Crippen molar-refractivity contribution in [3.8, 4) is 11.5 Å². The highest BCUT2D eigenvalue weighted by Crippen LogP contribution is 2.32. The molecule has 0 spiro atoms. The van der Waals surface area contributed by atoms with E-state index in [0.29, 0.717) is 23.3 Å². The molecule has 31 heavy (non-hydrogen) atoms. The first-order valence-corrected chi connectivity index (χ1v) is 9.20. The quantitative estimate of drug-likeness (QED) is 0.511. The number of nitrogens with two attached hydrogens (primary N) is 2. The van der Waals surface area contributed by atoms with Crippen molar-refractivity contribution >= 4 is 34.4 Å². The summed E-state index contributed by atoms with van der Waals surface area (Å²) in [6.45, 7) is 0.363. The molecular weight excluding hydrogens is 403 g/mol. The zero-order valence-corrected chi connectivity index (χ0v) is 16.8. The van der Waals surface area contributed by atoms with Crippen molar-refractivity contribution < 1.29 is 13.9 Å². The maximum Gasteiger partial charge on any atom is 0.413 e. The second kappa shape index (κ2) is 7.86. The number of fused-ring (bicyclic) bond motifs is 1. The molecule has 0 radical (unpaired) electrons. The number of carbonyl (C=O) groups excluding carboxylic acids is 1. The van der Waals surface area contributed by atoms with Crippen LogP contribution in [0.5, 0.6) is 0 Å². The molecule has 4 aromatic rings. The van der Waals surface area contributed by atoms with Gasteiger partial charge in [0.25, 0.3) is 0 Å². The third-order valence-corrected chi connectivity index (χ3v) is 4.69. The molecule has 0 aliphatic carbocycles. The van der Waals surface area contributed by atoms with E-state index in [1.807, 2.05) is 6.07 Å². The number of hydrogen-bond acceptors (Lipinski definition) is 8. The molecule has 10 nitrogen and oxygen atoms in total. The molecule has 0 fully saturated rings. The molecule has 0 aliphatic heterocycles. The van der Waals surface area contributed by atoms with Gasteiger partial charge < -0.3 is 16.2 Å². The number of amides is 1. The molecule has 3 aromatic heterocycles. The highest BCUT2D eigenvalue weighted by molar-refractivity contribution is 5.96. The van der Waals surface area contributed by atoms with Crippen LogP contribution in [0.4, 0.5) is 26.5 Å². The number of hydrogen-bond donors (Lipinski definition) is 2. The van der Waals surface area contributed by atoms with E-state index >= 15 is 0 Å². The molecule has 0 unspecified atom stereocenters. The average Bonchev–Trinajstić information content (AvgIpc) is 3.12. The van der Waals surface area contributed by atoms with Gasteiger partial charge in [0.2, 0.25) is 0 Å². The Bertz CT molecular complexity index is 1250. The third-order valence-electron chi connectivity index (χ3n) is 4.69. The number of benzene rings is 1. The number of anilines is 3. The van der Waals surface area contributed by atoms with Crippen LogP contribution in [-0.2, 0) is 11.3 Å². The van der Waals surface area contributed by atoms with Crippen LogP contribution in [0.1, 0.15) is 5.56 Å². The van der Waals surface area contributed by atoms with E-state index in [1.54, 1.807) is 29.1 Å². The lowest BCUT2D eigenvalue weighted by molar-refractivity contribution is 0.180. The molecule has 0 atom stereocenters. The molecule has 0 saturated heterocycles. The summed E-state index contributed by atoms with van der Waals surface area (Å²) in [7, 11) is 2.70. The second-order valence-corrected chi connectivity index (χ2v) is 6.70. The van der Waals surface area contributed by atoms with E-state index in [2.05, 4.69) is 24.8 Å². The Kier molecular flexibility index (Phi) is 5.07. The van der Waals surface area contributed by atoms with Crippen LogP contribution in [0.2, 0.25) is 0 Å². The Morgan fingerprint density at radius 1 is 1.16 bits per heavy atom. The lowest BCUT2D eigenvalue weighted by atomic mass is 10.2. The van der Waals surface area contributed by atoms with Crippen molar-refractivity contribution in [2.75, 3.05) is 30.5 Å². The largest absolute Gasteiger partial charge is 0.452 e. The summed E-state index contributed by atoms with van der Waals surface area (Å²) in [6.07, 6.45) is 0.987. The maximum atomic E-state index is 13.2. The minimum atomic E-state index is -0.659. The first kappa shape index (κ1) is 20.0. The molecular formula is C20H19FN8O2.